The maximum atomic E-state index is 13.2. The van der Waals surface area contributed by atoms with Gasteiger partial charge in [-0.05, 0) is 28.4 Å². The monoisotopic (exact) mass is 257 g/mol. The van der Waals surface area contributed by atoms with Crippen LogP contribution in [0.3, 0.4) is 0 Å². The van der Waals surface area contributed by atoms with Crippen LogP contribution in [0.1, 0.15) is 13.3 Å². The molecule has 0 aliphatic rings. The van der Waals surface area contributed by atoms with E-state index >= 15 is 0 Å². The normalized spacial score (nSPS) is 11.1. The van der Waals surface area contributed by atoms with E-state index < -0.39 is 0 Å². The van der Waals surface area contributed by atoms with Crippen LogP contribution < -0.4 is 0 Å². The number of aromatic nitrogens is 3. The summed E-state index contributed by atoms with van der Waals surface area (Å²) in [5.74, 6) is -0.280. The van der Waals surface area contributed by atoms with E-state index in [4.69, 9.17) is 0 Å². The zero-order chi connectivity index (χ0) is 10.1. The van der Waals surface area contributed by atoms with Gasteiger partial charge in [0.2, 0.25) is 0 Å². The summed E-state index contributed by atoms with van der Waals surface area (Å²) in [5.41, 5.74) is 1.46. The molecule has 1 aromatic carbocycles. The fourth-order valence-corrected chi connectivity index (χ4v) is 1.67. The van der Waals surface area contributed by atoms with Crippen molar-refractivity contribution >= 4 is 27.0 Å². The summed E-state index contributed by atoms with van der Waals surface area (Å²) >= 11 is 3.11. The lowest BCUT2D eigenvalue weighted by atomic mass is 10.3. The Morgan fingerprint density at radius 2 is 2.29 bits per heavy atom. The lowest BCUT2D eigenvalue weighted by Gasteiger charge is -1.99. The summed E-state index contributed by atoms with van der Waals surface area (Å²) < 4.78 is 15.4. The molecule has 2 rings (SSSR count). The van der Waals surface area contributed by atoms with Crippen LogP contribution in [0.4, 0.5) is 4.39 Å². The molecule has 0 saturated heterocycles. The number of aryl methyl sites for hydroxylation is 1. The molecule has 74 valence electrons. The molecule has 1 heterocycles. The van der Waals surface area contributed by atoms with Crippen molar-refractivity contribution in [2.75, 3.05) is 0 Å². The van der Waals surface area contributed by atoms with Crippen molar-refractivity contribution < 1.29 is 4.39 Å². The van der Waals surface area contributed by atoms with Gasteiger partial charge in [-0.15, -0.1) is 5.10 Å². The van der Waals surface area contributed by atoms with E-state index in [0.717, 1.165) is 18.5 Å². The molecule has 0 radical (unpaired) electrons. The summed E-state index contributed by atoms with van der Waals surface area (Å²) in [4.78, 5) is 0. The number of fused-ring (bicyclic) bond motifs is 1. The quantitative estimate of drug-likeness (QED) is 0.829. The molecule has 0 amide bonds. The highest BCUT2D eigenvalue weighted by atomic mass is 79.9. The van der Waals surface area contributed by atoms with Crippen LogP contribution >= 0.6 is 15.9 Å². The second-order valence-corrected chi connectivity index (χ2v) is 3.92. The molecule has 0 bridgehead atoms. The van der Waals surface area contributed by atoms with Crippen LogP contribution in [-0.4, -0.2) is 15.0 Å². The Labute approximate surface area is 89.0 Å². The topological polar surface area (TPSA) is 30.7 Å². The standard InChI is InChI=1S/C9H9BrFN3/c1-2-3-14-9-5-7(11)6(10)4-8(9)12-13-14/h4-5H,2-3H2,1H3. The van der Waals surface area contributed by atoms with Gasteiger partial charge in [-0.1, -0.05) is 12.1 Å². The first-order chi connectivity index (χ1) is 6.72. The van der Waals surface area contributed by atoms with Gasteiger partial charge in [-0.2, -0.15) is 0 Å². The van der Waals surface area contributed by atoms with Crippen LogP contribution in [0.2, 0.25) is 0 Å². The van der Waals surface area contributed by atoms with Crippen LogP contribution in [0.5, 0.6) is 0 Å². The third kappa shape index (κ3) is 1.52. The molecule has 0 N–H and O–H groups in total. The Kier molecular flexibility index (Phi) is 2.50. The molecule has 3 nitrogen and oxygen atoms in total. The van der Waals surface area contributed by atoms with E-state index in [1.165, 1.54) is 6.07 Å². The molecule has 0 aliphatic heterocycles. The van der Waals surface area contributed by atoms with Gasteiger partial charge in [0, 0.05) is 12.6 Å². The van der Waals surface area contributed by atoms with Crippen molar-refractivity contribution in [3.05, 3.63) is 22.4 Å². The molecule has 0 aliphatic carbocycles. The first kappa shape index (κ1) is 9.58. The number of nitrogens with zero attached hydrogens (tertiary/aromatic N) is 3. The Hall–Kier alpha value is -0.970. The zero-order valence-corrected chi connectivity index (χ0v) is 9.25. The Balaban J connectivity index is 2.61. The predicted octanol–water partition coefficient (Wildman–Crippen LogP) is 2.74. The molecule has 0 saturated carbocycles. The largest absolute Gasteiger partial charge is 0.245 e. The van der Waals surface area contributed by atoms with E-state index in [1.807, 2.05) is 6.92 Å². The smallest absolute Gasteiger partial charge is 0.139 e. The summed E-state index contributed by atoms with van der Waals surface area (Å²) in [7, 11) is 0. The van der Waals surface area contributed by atoms with Crippen LogP contribution in [0.15, 0.2) is 16.6 Å². The highest BCUT2D eigenvalue weighted by Gasteiger charge is 2.07. The van der Waals surface area contributed by atoms with Gasteiger partial charge in [0.15, 0.2) is 0 Å². The molecule has 5 heteroatoms. The second-order valence-electron chi connectivity index (χ2n) is 3.07. The Morgan fingerprint density at radius 1 is 1.50 bits per heavy atom. The van der Waals surface area contributed by atoms with Gasteiger partial charge >= 0.3 is 0 Å². The number of hydrogen-bond acceptors (Lipinski definition) is 2. The minimum atomic E-state index is -0.280. The van der Waals surface area contributed by atoms with Gasteiger partial charge in [0.1, 0.15) is 11.3 Å². The molecule has 0 spiro atoms. The van der Waals surface area contributed by atoms with Gasteiger partial charge in [-0.3, -0.25) is 0 Å². The average molecular weight is 258 g/mol. The Bertz CT molecular complexity index is 466. The Morgan fingerprint density at radius 3 is 3.00 bits per heavy atom. The average Bonchev–Trinajstić information content (AvgIpc) is 2.51. The number of benzene rings is 1. The molecule has 1 aromatic heterocycles. The van der Waals surface area contributed by atoms with Gasteiger partial charge in [0.05, 0.1) is 9.99 Å². The van der Waals surface area contributed by atoms with Crippen molar-refractivity contribution in [2.24, 2.45) is 0 Å². The molecule has 14 heavy (non-hydrogen) atoms. The van der Waals surface area contributed by atoms with Crippen molar-refractivity contribution in [1.82, 2.24) is 15.0 Å². The molecule has 2 aromatic rings. The lowest BCUT2D eigenvalue weighted by molar-refractivity contribution is 0.591. The van der Waals surface area contributed by atoms with Crippen LogP contribution in [0, 0.1) is 5.82 Å². The van der Waals surface area contributed by atoms with Gasteiger partial charge < -0.3 is 0 Å². The highest BCUT2D eigenvalue weighted by Crippen LogP contribution is 2.21. The van der Waals surface area contributed by atoms with E-state index in [-0.39, 0.29) is 5.82 Å². The van der Waals surface area contributed by atoms with E-state index in [9.17, 15) is 4.39 Å². The van der Waals surface area contributed by atoms with Gasteiger partial charge in [-0.25, -0.2) is 9.07 Å². The zero-order valence-electron chi connectivity index (χ0n) is 7.67. The predicted molar refractivity (Wildman–Crippen MR) is 55.5 cm³/mol. The summed E-state index contributed by atoms with van der Waals surface area (Å²) in [6, 6.07) is 3.10. The maximum absolute atomic E-state index is 13.2. The first-order valence-corrected chi connectivity index (χ1v) is 5.20. The third-order valence-electron chi connectivity index (χ3n) is 1.99. The van der Waals surface area contributed by atoms with Crippen molar-refractivity contribution in [2.45, 2.75) is 19.9 Å². The molecule has 0 atom stereocenters. The van der Waals surface area contributed by atoms with Crippen molar-refractivity contribution in [1.29, 1.82) is 0 Å². The minimum absolute atomic E-state index is 0.280. The van der Waals surface area contributed by atoms with Gasteiger partial charge in [0.25, 0.3) is 0 Å². The molecule has 0 unspecified atom stereocenters. The fraction of sp³-hybridized carbons (Fsp3) is 0.333. The van der Waals surface area contributed by atoms with E-state index in [2.05, 4.69) is 26.2 Å². The summed E-state index contributed by atoms with van der Waals surface area (Å²) in [6.07, 6.45) is 0.955. The number of halogens is 2. The second kappa shape index (κ2) is 3.65. The SMILES string of the molecule is CCCn1nnc2cc(Br)c(F)cc21. The number of hydrogen-bond donors (Lipinski definition) is 0. The summed E-state index contributed by atoms with van der Waals surface area (Å²) in [5, 5.41) is 7.90. The number of rotatable bonds is 2. The minimum Gasteiger partial charge on any atom is -0.245 e. The van der Waals surface area contributed by atoms with Crippen molar-refractivity contribution in [3.63, 3.8) is 0 Å². The maximum Gasteiger partial charge on any atom is 0.139 e. The fourth-order valence-electron chi connectivity index (χ4n) is 1.34. The van der Waals surface area contributed by atoms with Crippen LogP contribution in [0.25, 0.3) is 11.0 Å². The van der Waals surface area contributed by atoms with E-state index in [0.29, 0.717) is 9.99 Å². The molecule has 0 fully saturated rings. The summed E-state index contributed by atoms with van der Waals surface area (Å²) in [6.45, 7) is 2.81. The van der Waals surface area contributed by atoms with Crippen molar-refractivity contribution in [3.8, 4) is 0 Å². The molecular weight excluding hydrogens is 249 g/mol. The molecular formula is C9H9BrFN3. The third-order valence-corrected chi connectivity index (χ3v) is 2.60. The van der Waals surface area contributed by atoms with Crippen LogP contribution in [-0.2, 0) is 6.54 Å². The lowest BCUT2D eigenvalue weighted by Crippen LogP contribution is -1.98. The first-order valence-electron chi connectivity index (χ1n) is 4.40. The highest BCUT2D eigenvalue weighted by molar-refractivity contribution is 9.10. The van der Waals surface area contributed by atoms with E-state index in [1.54, 1.807) is 10.7 Å².